The Bertz CT molecular complexity index is 940. The summed E-state index contributed by atoms with van der Waals surface area (Å²) >= 11 is 0. The molecule has 1 fully saturated rings. The van der Waals surface area contributed by atoms with Gasteiger partial charge < -0.3 is 9.64 Å². The second-order valence-corrected chi connectivity index (χ2v) is 10.5. The van der Waals surface area contributed by atoms with E-state index in [-0.39, 0.29) is 43.5 Å². The fourth-order valence-corrected chi connectivity index (χ4v) is 4.95. The molecule has 3 rings (SSSR count). The number of amides is 1. The largest absolute Gasteiger partial charge is 0.444 e. The Labute approximate surface area is 205 Å². The van der Waals surface area contributed by atoms with Crippen LogP contribution in [0.2, 0.25) is 0 Å². The molecule has 1 heterocycles. The molecule has 0 unspecified atom stereocenters. The number of hydrogen-bond acceptors (Lipinski definition) is 2. The molecule has 0 bridgehead atoms. The van der Waals surface area contributed by atoms with E-state index in [1.54, 1.807) is 52.0 Å². The number of carbonyl (C=O) groups is 1. The lowest BCUT2D eigenvalue weighted by Gasteiger charge is -2.48. The second kappa shape index (κ2) is 10.6. The van der Waals surface area contributed by atoms with Gasteiger partial charge in [-0.2, -0.15) is 0 Å². The molecule has 1 amide bonds. The van der Waals surface area contributed by atoms with Crippen LogP contribution in [0, 0.1) is 17.0 Å². The Hall–Kier alpha value is -2.57. The fraction of sp³-hybridized carbons (Fsp3) is 0.536. The summed E-state index contributed by atoms with van der Waals surface area (Å²) in [7, 11) is 0. The number of benzene rings is 2. The van der Waals surface area contributed by atoms with Crippen molar-refractivity contribution in [3.8, 4) is 0 Å². The van der Waals surface area contributed by atoms with E-state index in [0.29, 0.717) is 12.8 Å². The number of alkyl halides is 2. The third kappa shape index (κ3) is 6.56. The van der Waals surface area contributed by atoms with Crippen molar-refractivity contribution < 1.29 is 27.1 Å². The maximum Gasteiger partial charge on any atom is 0.410 e. The van der Waals surface area contributed by atoms with Crippen LogP contribution in [0.5, 0.6) is 0 Å². The number of nitrogens with zero attached hydrogens (tertiary/aromatic N) is 1. The molecule has 2 aromatic carbocycles. The smallest absolute Gasteiger partial charge is 0.410 e. The number of hydrogen-bond donors (Lipinski definition) is 0. The van der Waals surface area contributed by atoms with Gasteiger partial charge in [-0.1, -0.05) is 37.6 Å². The van der Waals surface area contributed by atoms with Crippen molar-refractivity contribution in [3.05, 3.63) is 71.3 Å². The number of halogens is 4. The summed E-state index contributed by atoms with van der Waals surface area (Å²) < 4.78 is 63.1. The Balaban J connectivity index is 1.79. The summed E-state index contributed by atoms with van der Waals surface area (Å²) in [6, 6.07) is 12.2. The molecule has 0 aromatic heterocycles. The molecular formula is C28H35F4NO2. The summed E-state index contributed by atoms with van der Waals surface area (Å²) in [6.07, 6.45) is 0.457. The minimum absolute atomic E-state index is 0.0442. The highest BCUT2D eigenvalue weighted by Crippen LogP contribution is 2.50. The van der Waals surface area contributed by atoms with Crippen molar-refractivity contribution in [3.63, 3.8) is 0 Å². The van der Waals surface area contributed by atoms with Gasteiger partial charge in [0, 0.05) is 25.4 Å². The first-order valence-corrected chi connectivity index (χ1v) is 12.2. The van der Waals surface area contributed by atoms with E-state index in [2.05, 4.69) is 0 Å². The Morgan fingerprint density at radius 3 is 1.97 bits per heavy atom. The number of piperidine rings is 1. The number of rotatable bonds is 7. The van der Waals surface area contributed by atoms with Gasteiger partial charge in [-0.05, 0) is 75.4 Å². The average molecular weight is 494 g/mol. The van der Waals surface area contributed by atoms with Gasteiger partial charge in [0.15, 0.2) is 0 Å². The molecule has 0 spiro atoms. The summed E-state index contributed by atoms with van der Waals surface area (Å²) in [5, 5.41) is 0. The van der Waals surface area contributed by atoms with Crippen LogP contribution >= 0.6 is 0 Å². The van der Waals surface area contributed by atoms with Crippen molar-refractivity contribution in [2.75, 3.05) is 13.1 Å². The molecule has 192 valence electrons. The normalized spacial score (nSPS) is 20.2. The second-order valence-electron chi connectivity index (χ2n) is 10.5. The zero-order chi connectivity index (χ0) is 25.9. The minimum Gasteiger partial charge on any atom is -0.444 e. The van der Waals surface area contributed by atoms with Gasteiger partial charge in [-0.15, -0.1) is 0 Å². The van der Waals surface area contributed by atoms with Gasteiger partial charge in [-0.25, -0.2) is 22.4 Å². The minimum atomic E-state index is -2.92. The van der Waals surface area contributed by atoms with E-state index in [1.807, 2.05) is 0 Å². The van der Waals surface area contributed by atoms with Gasteiger partial charge >= 0.3 is 6.09 Å². The third-order valence-corrected chi connectivity index (χ3v) is 6.99. The molecule has 0 radical (unpaired) electrons. The van der Waals surface area contributed by atoms with Crippen LogP contribution in [0.25, 0.3) is 0 Å². The Morgan fingerprint density at radius 1 is 1.00 bits per heavy atom. The van der Waals surface area contributed by atoms with Gasteiger partial charge in [0.25, 0.3) is 5.92 Å². The van der Waals surface area contributed by atoms with Crippen LogP contribution in [0.1, 0.15) is 76.8 Å². The number of likely N-dealkylation sites (tertiary alicyclic amines) is 1. The topological polar surface area (TPSA) is 29.5 Å². The van der Waals surface area contributed by atoms with Gasteiger partial charge in [-0.3, -0.25) is 0 Å². The predicted molar refractivity (Wildman–Crippen MR) is 129 cm³/mol. The third-order valence-electron chi connectivity index (χ3n) is 6.99. The van der Waals surface area contributed by atoms with E-state index in [0.717, 1.165) is 11.1 Å². The van der Waals surface area contributed by atoms with Crippen molar-refractivity contribution in [1.29, 1.82) is 0 Å². The summed E-state index contributed by atoms with van der Waals surface area (Å²) in [4.78, 5) is 14.0. The highest BCUT2D eigenvalue weighted by molar-refractivity contribution is 5.68. The lowest BCUT2D eigenvalue weighted by molar-refractivity contribution is -0.170. The number of ether oxygens (including phenoxy) is 1. The molecule has 0 saturated carbocycles. The first-order chi connectivity index (χ1) is 16.4. The van der Waals surface area contributed by atoms with Crippen molar-refractivity contribution in [2.45, 2.75) is 77.2 Å². The molecule has 0 aliphatic carbocycles. The van der Waals surface area contributed by atoms with E-state index >= 15 is 8.78 Å². The molecule has 2 aromatic rings. The maximum atomic E-state index is 15.3. The van der Waals surface area contributed by atoms with Crippen LogP contribution in [0.4, 0.5) is 22.4 Å². The monoisotopic (exact) mass is 493 g/mol. The van der Waals surface area contributed by atoms with Gasteiger partial charge in [0.1, 0.15) is 17.2 Å². The first-order valence-electron chi connectivity index (χ1n) is 12.2. The SMILES string of the molecule is CC[C@]1(CCCC(c2ccc(F)cc2)c2ccc(F)cc2)CN(C(=O)OC(C)(C)C)CCC1(F)F. The lowest BCUT2D eigenvalue weighted by atomic mass is 9.70. The lowest BCUT2D eigenvalue weighted by Crippen LogP contribution is -2.57. The zero-order valence-electron chi connectivity index (χ0n) is 20.9. The Kier molecular flexibility index (Phi) is 8.17. The van der Waals surface area contributed by atoms with Crippen LogP contribution < -0.4 is 0 Å². The highest BCUT2D eigenvalue weighted by Gasteiger charge is 2.56. The summed E-state index contributed by atoms with van der Waals surface area (Å²) in [5.41, 5.74) is -0.384. The summed E-state index contributed by atoms with van der Waals surface area (Å²) in [6.45, 7) is 6.88. The van der Waals surface area contributed by atoms with Crippen LogP contribution in [-0.4, -0.2) is 35.6 Å². The molecule has 1 saturated heterocycles. The van der Waals surface area contributed by atoms with Gasteiger partial charge in [0.05, 0.1) is 5.41 Å². The van der Waals surface area contributed by atoms with E-state index in [1.165, 1.54) is 29.2 Å². The molecule has 1 aliphatic heterocycles. The highest BCUT2D eigenvalue weighted by atomic mass is 19.3. The molecule has 0 N–H and O–H groups in total. The predicted octanol–water partition coefficient (Wildman–Crippen LogP) is 7.94. The molecule has 3 nitrogen and oxygen atoms in total. The number of carbonyl (C=O) groups excluding carboxylic acids is 1. The summed E-state index contributed by atoms with van der Waals surface area (Å²) in [5.74, 6) is -3.83. The standard InChI is InChI=1S/C28H35F4NO2/c1-5-27(19-33(18-17-28(27,31)32)25(34)35-26(2,3)4)16-6-7-24(20-8-12-22(29)13-9-20)21-10-14-23(30)15-11-21/h8-15,24H,5-7,16-19H2,1-4H3/t27-/m0/s1. The molecule has 7 heteroatoms. The molecule has 1 aliphatic rings. The van der Waals surface area contributed by atoms with Crippen LogP contribution in [0.15, 0.2) is 48.5 Å². The molecule has 35 heavy (non-hydrogen) atoms. The van der Waals surface area contributed by atoms with Crippen LogP contribution in [-0.2, 0) is 4.74 Å². The fourth-order valence-electron chi connectivity index (χ4n) is 4.95. The van der Waals surface area contributed by atoms with Crippen molar-refractivity contribution in [2.24, 2.45) is 5.41 Å². The quantitative estimate of drug-likeness (QED) is 0.367. The van der Waals surface area contributed by atoms with E-state index in [4.69, 9.17) is 4.74 Å². The van der Waals surface area contributed by atoms with Crippen molar-refractivity contribution >= 4 is 6.09 Å². The van der Waals surface area contributed by atoms with E-state index < -0.39 is 29.5 Å². The zero-order valence-corrected chi connectivity index (χ0v) is 20.9. The van der Waals surface area contributed by atoms with E-state index in [9.17, 15) is 13.6 Å². The Morgan fingerprint density at radius 2 is 1.51 bits per heavy atom. The molecule has 1 atom stereocenters. The maximum absolute atomic E-state index is 15.3. The van der Waals surface area contributed by atoms with Crippen LogP contribution in [0.3, 0.4) is 0 Å². The average Bonchev–Trinajstić information content (AvgIpc) is 2.78. The molecular weight excluding hydrogens is 458 g/mol. The van der Waals surface area contributed by atoms with Gasteiger partial charge in [0.2, 0.25) is 0 Å². The van der Waals surface area contributed by atoms with Crippen molar-refractivity contribution in [1.82, 2.24) is 4.90 Å². The first kappa shape index (κ1) is 27.0.